The van der Waals surface area contributed by atoms with E-state index in [0.717, 1.165) is 5.75 Å². The molecule has 0 aliphatic rings. The molecule has 0 aliphatic heterocycles. The molecule has 0 spiro atoms. The van der Waals surface area contributed by atoms with Gasteiger partial charge in [-0.25, -0.2) is 0 Å². The number of ether oxygens (including phenoxy) is 6. The first-order valence-electron chi connectivity index (χ1n) is 9.26. The third kappa shape index (κ3) is 12.2. The summed E-state index contributed by atoms with van der Waals surface area (Å²) in [6.45, 7) is 10.0. The largest absolute Gasteiger partial charge is 0.491 e. The van der Waals surface area contributed by atoms with Gasteiger partial charge in [-0.1, -0.05) is 26.0 Å². The van der Waals surface area contributed by atoms with E-state index in [1.54, 1.807) is 7.11 Å². The van der Waals surface area contributed by atoms with Crippen LogP contribution in [-0.4, -0.2) is 73.2 Å². The number of hydrogen-bond donors (Lipinski definition) is 0. The van der Waals surface area contributed by atoms with Crippen LogP contribution in [0.5, 0.6) is 5.75 Å². The quantitative estimate of drug-likeness (QED) is 0.393. The molecule has 0 N–H and O–H groups in total. The van der Waals surface area contributed by atoms with Gasteiger partial charge < -0.3 is 28.4 Å². The maximum Gasteiger partial charge on any atom is 0.119 e. The first kappa shape index (κ1) is 22.9. The van der Waals surface area contributed by atoms with Gasteiger partial charge in [-0.3, -0.25) is 0 Å². The van der Waals surface area contributed by atoms with E-state index < -0.39 is 0 Å². The lowest BCUT2D eigenvalue weighted by atomic mass is 10.0. The molecule has 0 amide bonds. The van der Waals surface area contributed by atoms with Crippen molar-refractivity contribution in [1.82, 2.24) is 0 Å². The summed E-state index contributed by atoms with van der Waals surface area (Å²) in [6, 6.07) is 8.20. The Bertz CT molecular complexity index is 421. The monoisotopic (exact) mass is 370 g/mol. The molecule has 1 aromatic rings. The van der Waals surface area contributed by atoms with Crippen molar-refractivity contribution in [2.75, 3.05) is 73.2 Å². The molecule has 150 valence electrons. The minimum atomic E-state index is 0.534. The van der Waals surface area contributed by atoms with E-state index in [4.69, 9.17) is 28.4 Å². The number of methoxy groups -OCH3 is 1. The zero-order valence-electron chi connectivity index (χ0n) is 16.4. The number of benzene rings is 1. The Morgan fingerprint density at radius 3 is 1.46 bits per heavy atom. The van der Waals surface area contributed by atoms with E-state index in [0.29, 0.717) is 72.0 Å². The molecule has 1 aromatic carbocycles. The Balaban J connectivity index is 1.82. The Kier molecular flexibility index (Phi) is 14.1. The highest BCUT2D eigenvalue weighted by Crippen LogP contribution is 2.18. The fraction of sp³-hybridized carbons (Fsp3) is 0.700. The predicted molar refractivity (Wildman–Crippen MR) is 101 cm³/mol. The maximum atomic E-state index is 5.64. The summed E-state index contributed by atoms with van der Waals surface area (Å²) < 4.78 is 32.1. The lowest BCUT2D eigenvalue weighted by molar-refractivity contribution is -0.00978. The van der Waals surface area contributed by atoms with Crippen LogP contribution >= 0.6 is 0 Å². The van der Waals surface area contributed by atoms with Crippen LogP contribution in [0.25, 0.3) is 0 Å². The van der Waals surface area contributed by atoms with Crippen molar-refractivity contribution < 1.29 is 28.4 Å². The summed E-state index contributed by atoms with van der Waals surface area (Å²) in [7, 11) is 1.65. The fourth-order valence-corrected chi connectivity index (χ4v) is 2.07. The van der Waals surface area contributed by atoms with Crippen molar-refractivity contribution in [3.05, 3.63) is 29.8 Å². The van der Waals surface area contributed by atoms with Crippen molar-refractivity contribution in [1.29, 1.82) is 0 Å². The molecule has 26 heavy (non-hydrogen) atoms. The number of rotatable bonds is 17. The van der Waals surface area contributed by atoms with Crippen LogP contribution in [0.1, 0.15) is 25.3 Å². The van der Waals surface area contributed by atoms with E-state index in [9.17, 15) is 0 Å². The topological polar surface area (TPSA) is 55.4 Å². The lowest BCUT2D eigenvalue weighted by Crippen LogP contribution is -2.14. The van der Waals surface area contributed by atoms with Gasteiger partial charge in [0.15, 0.2) is 0 Å². The summed E-state index contributed by atoms with van der Waals surface area (Å²) >= 11 is 0. The summed E-state index contributed by atoms with van der Waals surface area (Å²) in [4.78, 5) is 0. The molecule has 0 heterocycles. The molecule has 0 aromatic heterocycles. The van der Waals surface area contributed by atoms with Gasteiger partial charge in [0.05, 0.1) is 59.5 Å². The van der Waals surface area contributed by atoms with Gasteiger partial charge in [0, 0.05) is 7.11 Å². The van der Waals surface area contributed by atoms with E-state index in [1.807, 2.05) is 12.1 Å². The first-order chi connectivity index (χ1) is 12.7. The van der Waals surface area contributed by atoms with E-state index in [-0.39, 0.29) is 0 Å². The molecular weight excluding hydrogens is 336 g/mol. The molecule has 0 atom stereocenters. The van der Waals surface area contributed by atoms with Crippen molar-refractivity contribution in [3.8, 4) is 5.75 Å². The zero-order chi connectivity index (χ0) is 18.9. The van der Waals surface area contributed by atoms with Crippen LogP contribution in [0.15, 0.2) is 24.3 Å². The van der Waals surface area contributed by atoms with Gasteiger partial charge >= 0.3 is 0 Å². The summed E-state index contributed by atoms with van der Waals surface area (Å²) in [5.74, 6) is 1.41. The van der Waals surface area contributed by atoms with Crippen molar-refractivity contribution in [2.45, 2.75) is 19.8 Å². The smallest absolute Gasteiger partial charge is 0.119 e. The predicted octanol–water partition coefficient (Wildman–Crippen LogP) is 2.90. The van der Waals surface area contributed by atoms with Gasteiger partial charge in [0.2, 0.25) is 0 Å². The molecular formula is C20H34O6. The van der Waals surface area contributed by atoms with Crippen LogP contribution in [-0.2, 0) is 23.7 Å². The molecule has 6 nitrogen and oxygen atoms in total. The molecule has 0 bridgehead atoms. The second-order valence-corrected chi connectivity index (χ2v) is 6.01. The average Bonchev–Trinajstić information content (AvgIpc) is 2.65. The Morgan fingerprint density at radius 1 is 0.615 bits per heavy atom. The van der Waals surface area contributed by atoms with Crippen molar-refractivity contribution in [3.63, 3.8) is 0 Å². The highest BCUT2D eigenvalue weighted by molar-refractivity contribution is 5.28. The zero-order valence-corrected chi connectivity index (χ0v) is 16.4. The normalized spacial score (nSPS) is 11.2. The molecule has 0 fully saturated rings. The van der Waals surface area contributed by atoms with Crippen LogP contribution in [0.2, 0.25) is 0 Å². The Labute approximate surface area is 157 Å². The third-order valence-electron chi connectivity index (χ3n) is 3.59. The van der Waals surface area contributed by atoms with Crippen molar-refractivity contribution in [2.24, 2.45) is 0 Å². The fourth-order valence-electron chi connectivity index (χ4n) is 2.07. The second kappa shape index (κ2) is 16.0. The molecule has 0 aliphatic carbocycles. The highest BCUT2D eigenvalue weighted by Gasteiger charge is 1.99. The first-order valence-corrected chi connectivity index (χ1v) is 9.26. The highest BCUT2D eigenvalue weighted by atomic mass is 16.6. The summed E-state index contributed by atoms with van der Waals surface area (Å²) in [5, 5.41) is 0. The van der Waals surface area contributed by atoms with Gasteiger partial charge in [0.25, 0.3) is 0 Å². The number of hydrogen-bond acceptors (Lipinski definition) is 6. The molecule has 0 saturated heterocycles. The van der Waals surface area contributed by atoms with Gasteiger partial charge in [0.1, 0.15) is 12.4 Å². The summed E-state index contributed by atoms with van der Waals surface area (Å²) in [6.07, 6.45) is 0. The van der Waals surface area contributed by atoms with Crippen LogP contribution in [0, 0.1) is 0 Å². The van der Waals surface area contributed by atoms with Gasteiger partial charge in [-0.2, -0.15) is 0 Å². The minimum Gasteiger partial charge on any atom is -0.491 e. The molecule has 1 rings (SSSR count). The Morgan fingerprint density at radius 2 is 1.04 bits per heavy atom. The maximum absolute atomic E-state index is 5.64. The van der Waals surface area contributed by atoms with Crippen LogP contribution in [0.3, 0.4) is 0 Å². The van der Waals surface area contributed by atoms with Crippen LogP contribution < -0.4 is 4.74 Å². The van der Waals surface area contributed by atoms with E-state index in [2.05, 4.69) is 26.0 Å². The van der Waals surface area contributed by atoms with Crippen molar-refractivity contribution >= 4 is 0 Å². The van der Waals surface area contributed by atoms with Gasteiger partial charge in [-0.15, -0.1) is 0 Å². The van der Waals surface area contributed by atoms with Crippen LogP contribution in [0.4, 0.5) is 0 Å². The van der Waals surface area contributed by atoms with E-state index >= 15 is 0 Å². The summed E-state index contributed by atoms with van der Waals surface area (Å²) in [5.41, 5.74) is 1.31. The van der Waals surface area contributed by atoms with E-state index in [1.165, 1.54) is 5.56 Å². The lowest BCUT2D eigenvalue weighted by Gasteiger charge is -2.10. The minimum absolute atomic E-state index is 0.534. The average molecular weight is 370 g/mol. The SMILES string of the molecule is COCCOCCOCCOCCOCCOc1ccc(C(C)C)cc1. The standard InChI is InChI=1S/C20H34O6/c1-18(2)19-4-6-20(7-5-19)26-17-16-25-15-14-24-13-12-23-11-10-22-9-8-21-3/h4-7,18H,8-17H2,1-3H3. The molecule has 6 heteroatoms. The second-order valence-electron chi connectivity index (χ2n) is 6.01. The molecule has 0 radical (unpaired) electrons. The third-order valence-corrected chi connectivity index (χ3v) is 3.59. The van der Waals surface area contributed by atoms with Gasteiger partial charge in [-0.05, 0) is 23.6 Å². The molecule has 0 saturated carbocycles. The Hall–Kier alpha value is -1.18. The molecule has 0 unspecified atom stereocenters.